The number of benzene rings is 2. The lowest BCUT2D eigenvalue weighted by Crippen LogP contribution is -2.11. The summed E-state index contributed by atoms with van der Waals surface area (Å²) >= 11 is 1.42. The number of amides is 1. The molecule has 0 atom stereocenters. The van der Waals surface area contributed by atoms with E-state index in [1.807, 2.05) is 43.5 Å². The summed E-state index contributed by atoms with van der Waals surface area (Å²) in [6.45, 7) is 4.58. The van der Waals surface area contributed by atoms with E-state index in [-0.39, 0.29) is 5.91 Å². The van der Waals surface area contributed by atoms with Crippen molar-refractivity contribution in [1.29, 1.82) is 0 Å². The number of anilines is 1. The predicted octanol–water partition coefficient (Wildman–Crippen LogP) is 4.77. The number of ether oxygens (including phenoxy) is 1. The van der Waals surface area contributed by atoms with Crippen LogP contribution in [0.5, 0.6) is 5.75 Å². The molecule has 0 aliphatic heterocycles. The molecule has 0 fully saturated rings. The van der Waals surface area contributed by atoms with Crippen molar-refractivity contribution in [3.05, 3.63) is 65.0 Å². The minimum Gasteiger partial charge on any atom is -0.494 e. The van der Waals surface area contributed by atoms with Crippen molar-refractivity contribution in [2.45, 2.75) is 13.8 Å². The second kappa shape index (κ2) is 7.27. The fraction of sp³-hybridized carbons (Fsp3) is 0.158. The average Bonchev–Trinajstić information content (AvgIpc) is 3.05. The summed E-state index contributed by atoms with van der Waals surface area (Å²) in [7, 11) is 0. The number of nitrogens with zero attached hydrogens (tertiary/aromatic N) is 1. The molecule has 1 N–H and O–H groups in total. The Morgan fingerprint density at radius 3 is 2.50 bits per heavy atom. The molecule has 2 aromatic carbocycles. The summed E-state index contributed by atoms with van der Waals surface area (Å²) in [6.07, 6.45) is 0. The lowest BCUT2D eigenvalue weighted by molar-refractivity contribution is 0.102. The number of nitrogens with one attached hydrogen (secondary N) is 1. The van der Waals surface area contributed by atoms with Crippen molar-refractivity contribution in [3.8, 4) is 17.0 Å². The molecule has 1 aromatic heterocycles. The molecule has 0 radical (unpaired) electrons. The Bertz CT molecular complexity index is 823. The second-order valence-electron chi connectivity index (χ2n) is 5.32. The summed E-state index contributed by atoms with van der Waals surface area (Å²) < 4.78 is 5.38. The third-order valence-electron chi connectivity index (χ3n) is 3.50. The van der Waals surface area contributed by atoms with Gasteiger partial charge in [0.1, 0.15) is 5.75 Å². The van der Waals surface area contributed by atoms with Gasteiger partial charge >= 0.3 is 0 Å². The Labute approximate surface area is 145 Å². The predicted molar refractivity (Wildman–Crippen MR) is 97.9 cm³/mol. The first-order chi connectivity index (χ1) is 11.7. The smallest absolute Gasteiger partial charge is 0.257 e. The second-order valence-corrected chi connectivity index (χ2v) is 6.17. The highest BCUT2D eigenvalue weighted by Crippen LogP contribution is 2.25. The van der Waals surface area contributed by atoms with E-state index in [4.69, 9.17) is 4.74 Å². The van der Waals surface area contributed by atoms with Crippen LogP contribution in [0.2, 0.25) is 0 Å². The molecule has 0 saturated heterocycles. The third kappa shape index (κ3) is 3.81. The largest absolute Gasteiger partial charge is 0.494 e. The van der Waals surface area contributed by atoms with Crippen LogP contribution in [0.4, 0.5) is 5.13 Å². The Hall–Kier alpha value is -2.66. The zero-order valence-electron chi connectivity index (χ0n) is 13.6. The number of rotatable bonds is 5. The van der Waals surface area contributed by atoms with Crippen molar-refractivity contribution in [2.24, 2.45) is 0 Å². The molecule has 3 aromatic rings. The first-order valence-corrected chi connectivity index (χ1v) is 8.60. The van der Waals surface area contributed by atoms with Crippen LogP contribution in [0.25, 0.3) is 11.3 Å². The van der Waals surface area contributed by atoms with Crippen LogP contribution in [0.15, 0.2) is 53.9 Å². The van der Waals surface area contributed by atoms with Crippen LogP contribution in [0.1, 0.15) is 22.8 Å². The normalized spacial score (nSPS) is 10.4. The first-order valence-electron chi connectivity index (χ1n) is 7.72. The Morgan fingerprint density at radius 1 is 1.12 bits per heavy atom. The highest BCUT2D eigenvalue weighted by molar-refractivity contribution is 7.14. The van der Waals surface area contributed by atoms with Gasteiger partial charge < -0.3 is 4.74 Å². The number of hydrogen-bond acceptors (Lipinski definition) is 4. The van der Waals surface area contributed by atoms with Gasteiger partial charge in [-0.05, 0) is 38.1 Å². The van der Waals surface area contributed by atoms with E-state index < -0.39 is 0 Å². The maximum atomic E-state index is 12.3. The van der Waals surface area contributed by atoms with Gasteiger partial charge in [-0.1, -0.05) is 29.8 Å². The van der Waals surface area contributed by atoms with Crippen LogP contribution in [0, 0.1) is 6.92 Å². The zero-order chi connectivity index (χ0) is 16.9. The van der Waals surface area contributed by atoms with E-state index in [0.717, 1.165) is 17.0 Å². The van der Waals surface area contributed by atoms with E-state index in [2.05, 4.69) is 10.3 Å². The number of hydrogen-bond donors (Lipinski definition) is 1. The van der Waals surface area contributed by atoms with Crippen molar-refractivity contribution >= 4 is 22.4 Å². The Balaban J connectivity index is 1.69. The van der Waals surface area contributed by atoms with Gasteiger partial charge in [0, 0.05) is 16.5 Å². The van der Waals surface area contributed by atoms with Gasteiger partial charge in [0.2, 0.25) is 0 Å². The average molecular weight is 338 g/mol. The third-order valence-corrected chi connectivity index (χ3v) is 4.26. The van der Waals surface area contributed by atoms with Crippen molar-refractivity contribution in [3.63, 3.8) is 0 Å². The lowest BCUT2D eigenvalue weighted by atomic mass is 10.1. The quantitative estimate of drug-likeness (QED) is 0.729. The fourth-order valence-corrected chi connectivity index (χ4v) is 2.94. The zero-order valence-corrected chi connectivity index (χ0v) is 14.4. The van der Waals surface area contributed by atoms with Gasteiger partial charge in [0.05, 0.1) is 12.3 Å². The number of aryl methyl sites for hydroxylation is 1. The van der Waals surface area contributed by atoms with Crippen LogP contribution in [-0.4, -0.2) is 17.5 Å². The minimum atomic E-state index is -0.178. The van der Waals surface area contributed by atoms with Crippen LogP contribution >= 0.6 is 11.3 Å². The molecule has 0 aliphatic carbocycles. The molecular weight excluding hydrogens is 320 g/mol. The molecule has 1 amide bonds. The van der Waals surface area contributed by atoms with Crippen LogP contribution in [0.3, 0.4) is 0 Å². The fourth-order valence-electron chi connectivity index (χ4n) is 2.23. The maximum absolute atomic E-state index is 12.3. The molecule has 0 aliphatic rings. The molecule has 0 unspecified atom stereocenters. The van der Waals surface area contributed by atoms with Gasteiger partial charge in [-0.3, -0.25) is 10.1 Å². The van der Waals surface area contributed by atoms with Gasteiger partial charge in [-0.25, -0.2) is 4.98 Å². The molecular formula is C19H18N2O2S. The Morgan fingerprint density at radius 2 is 1.83 bits per heavy atom. The van der Waals surface area contributed by atoms with Crippen LogP contribution in [-0.2, 0) is 0 Å². The topological polar surface area (TPSA) is 51.2 Å². The van der Waals surface area contributed by atoms with Gasteiger partial charge in [-0.2, -0.15) is 0 Å². The SMILES string of the molecule is CCOc1ccc(C(=O)Nc2nc(-c3ccc(C)cc3)cs2)cc1. The highest BCUT2D eigenvalue weighted by atomic mass is 32.1. The van der Waals surface area contributed by atoms with Crippen molar-refractivity contribution in [1.82, 2.24) is 4.98 Å². The summed E-state index contributed by atoms with van der Waals surface area (Å²) in [5.74, 6) is 0.577. The minimum absolute atomic E-state index is 0.178. The number of thiazole rings is 1. The van der Waals surface area contributed by atoms with E-state index >= 15 is 0 Å². The number of carbonyl (C=O) groups excluding carboxylic acids is 1. The van der Waals surface area contributed by atoms with Gasteiger partial charge in [0.25, 0.3) is 5.91 Å². The van der Waals surface area contributed by atoms with Gasteiger partial charge in [-0.15, -0.1) is 11.3 Å². The molecule has 4 nitrogen and oxygen atoms in total. The number of aromatic nitrogens is 1. The molecule has 122 valence electrons. The molecule has 24 heavy (non-hydrogen) atoms. The molecule has 0 saturated carbocycles. The summed E-state index contributed by atoms with van der Waals surface area (Å²) in [5.41, 5.74) is 3.68. The van der Waals surface area contributed by atoms with E-state index in [9.17, 15) is 4.79 Å². The molecule has 0 bridgehead atoms. The molecule has 3 rings (SSSR count). The summed E-state index contributed by atoms with van der Waals surface area (Å²) in [6, 6.07) is 15.2. The van der Waals surface area contributed by atoms with Crippen LogP contribution < -0.4 is 10.1 Å². The van der Waals surface area contributed by atoms with E-state index in [1.165, 1.54) is 16.9 Å². The van der Waals surface area contributed by atoms with Crippen molar-refractivity contribution < 1.29 is 9.53 Å². The molecule has 5 heteroatoms. The highest BCUT2D eigenvalue weighted by Gasteiger charge is 2.10. The standard InChI is InChI=1S/C19H18N2O2S/c1-3-23-16-10-8-15(9-11-16)18(22)21-19-20-17(12-24-19)14-6-4-13(2)5-7-14/h4-12H,3H2,1-2H3,(H,20,21,22). The van der Waals surface area contributed by atoms with Crippen molar-refractivity contribution in [2.75, 3.05) is 11.9 Å². The maximum Gasteiger partial charge on any atom is 0.257 e. The monoisotopic (exact) mass is 338 g/mol. The summed E-state index contributed by atoms with van der Waals surface area (Å²) in [4.78, 5) is 16.8. The van der Waals surface area contributed by atoms with E-state index in [0.29, 0.717) is 17.3 Å². The molecule has 0 spiro atoms. The first kappa shape index (κ1) is 16.2. The molecule has 1 heterocycles. The number of carbonyl (C=O) groups is 1. The Kier molecular flexibility index (Phi) is 4.91. The summed E-state index contributed by atoms with van der Waals surface area (Å²) in [5, 5.41) is 5.37. The van der Waals surface area contributed by atoms with E-state index in [1.54, 1.807) is 24.3 Å². The van der Waals surface area contributed by atoms with Gasteiger partial charge in [0.15, 0.2) is 5.13 Å². The lowest BCUT2D eigenvalue weighted by Gasteiger charge is -2.05.